The molecule has 3 atom stereocenters. The number of carbonyl (C=O) groups is 2. The molecule has 0 bridgehead atoms. The normalized spacial score (nSPS) is 22.2. The minimum absolute atomic E-state index is 0.113. The van der Waals surface area contributed by atoms with Gasteiger partial charge in [-0.25, -0.2) is 13.2 Å². The highest BCUT2D eigenvalue weighted by Gasteiger charge is 2.59. The smallest absolute Gasteiger partial charge is 0.261 e. The number of halogens is 4. The van der Waals surface area contributed by atoms with Crippen molar-refractivity contribution < 1.29 is 22.8 Å². The van der Waals surface area contributed by atoms with Crippen molar-refractivity contribution in [3.8, 4) is 5.69 Å². The lowest BCUT2D eigenvalue weighted by atomic mass is 10.2. The van der Waals surface area contributed by atoms with E-state index in [2.05, 4.69) is 10.6 Å². The van der Waals surface area contributed by atoms with Gasteiger partial charge in [-0.05, 0) is 48.4 Å². The zero-order chi connectivity index (χ0) is 27.0. The van der Waals surface area contributed by atoms with E-state index in [9.17, 15) is 27.6 Å². The van der Waals surface area contributed by atoms with Gasteiger partial charge in [-0.2, -0.15) is 0 Å². The number of amides is 2. The molecule has 2 aromatic carbocycles. The molecule has 1 saturated heterocycles. The Kier molecular flexibility index (Phi) is 7.02. The van der Waals surface area contributed by atoms with Crippen molar-refractivity contribution in [2.45, 2.75) is 12.3 Å². The van der Waals surface area contributed by atoms with Crippen molar-refractivity contribution in [3.05, 3.63) is 88.1 Å². The Balaban J connectivity index is 1.31. The van der Waals surface area contributed by atoms with E-state index in [0.29, 0.717) is 10.7 Å². The van der Waals surface area contributed by atoms with Gasteiger partial charge in [0.15, 0.2) is 0 Å². The minimum Gasteiger partial charge on any atom is -0.326 e. The van der Waals surface area contributed by atoms with Crippen LogP contribution < -0.4 is 16.2 Å². The Morgan fingerprint density at radius 3 is 2.34 bits per heavy atom. The summed E-state index contributed by atoms with van der Waals surface area (Å²) in [6, 6.07) is 14.9. The maximum absolute atomic E-state index is 14.9. The zero-order valence-corrected chi connectivity index (χ0v) is 20.8. The number of aromatic nitrogens is 1. The number of hydrogen-bond donors (Lipinski definition) is 2. The van der Waals surface area contributed by atoms with Crippen LogP contribution in [-0.4, -0.2) is 46.8 Å². The van der Waals surface area contributed by atoms with Crippen LogP contribution in [0.15, 0.2) is 71.7 Å². The van der Waals surface area contributed by atoms with Crippen molar-refractivity contribution >= 4 is 34.8 Å². The first-order chi connectivity index (χ1) is 18.1. The molecule has 1 aromatic heterocycles. The number of nitrogens with one attached hydrogen (secondary N) is 2. The monoisotopic (exact) mass is 544 g/mol. The lowest BCUT2D eigenvalue weighted by molar-refractivity contribution is -0.122. The SMILES string of the molecule is O=C(Nc1ccc(-n2ccccc2=O)cc1F)[C@@H]1[C@@H](CN2CCC(F)(F)C2)[C@@H]1C(=O)Nc1ccc(Cl)cc1. The highest BCUT2D eigenvalue weighted by Crippen LogP contribution is 2.49. The fraction of sp³-hybridized carbons (Fsp3) is 0.296. The summed E-state index contributed by atoms with van der Waals surface area (Å²) >= 11 is 5.89. The van der Waals surface area contributed by atoms with Crippen LogP contribution in [0.5, 0.6) is 0 Å². The number of rotatable bonds is 7. The summed E-state index contributed by atoms with van der Waals surface area (Å²) < 4.78 is 43.6. The number of likely N-dealkylation sites (tertiary alicyclic amines) is 1. The predicted octanol–water partition coefficient (Wildman–Crippen LogP) is 4.41. The van der Waals surface area contributed by atoms with Gasteiger partial charge < -0.3 is 10.6 Å². The molecular weight excluding hydrogens is 521 g/mol. The van der Waals surface area contributed by atoms with Gasteiger partial charge in [-0.15, -0.1) is 0 Å². The summed E-state index contributed by atoms with van der Waals surface area (Å²) in [6.45, 7) is -0.124. The summed E-state index contributed by atoms with van der Waals surface area (Å²) in [5, 5.41) is 5.76. The van der Waals surface area contributed by atoms with E-state index in [1.165, 1.54) is 29.0 Å². The molecule has 2 heterocycles. The maximum atomic E-state index is 14.9. The van der Waals surface area contributed by atoms with Crippen molar-refractivity contribution in [2.24, 2.45) is 17.8 Å². The molecule has 2 amide bonds. The average Bonchev–Trinajstić information content (AvgIpc) is 3.48. The van der Waals surface area contributed by atoms with Gasteiger partial charge >= 0.3 is 0 Å². The third-order valence-corrected chi connectivity index (χ3v) is 7.17. The minimum atomic E-state index is -2.81. The van der Waals surface area contributed by atoms with Gasteiger partial charge in [-0.1, -0.05) is 17.7 Å². The average molecular weight is 545 g/mol. The van der Waals surface area contributed by atoms with Gasteiger partial charge in [0.2, 0.25) is 11.8 Å². The van der Waals surface area contributed by atoms with Crippen LogP contribution in [0.25, 0.3) is 5.69 Å². The largest absolute Gasteiger partial charge is 0.326 e. The first kappa shape index (κ1) is 26.0. The van der Waals surface area contributed by atoms with E-state index in [0.717, 1.165) is 6.07 Å². The van der Waals surface area contributed by atoms with Crippen LogP contribution in [0.2, 0.25) is 5.02 Å². The standard InChI is InChI=1S/C27H24ClF3N4O3/c28-16-4-6-17(7-5-16)32-25(37)23-19(14-34-12-10-27(30,31)15-34)24(23)26(38)33-21-9-8-18(13-20(21)29)35-11-2-1-3-22(35)36/h1-9,11,13,19,23-24H,10,12,14-15H2,(H,32,37)(H,33,38)/t19-,23-,24+/m0/s1. The topological polar surface area (TPSA) is 83.4 Å². The number of nitrogens with zero attached hydrogens (tertiary/aromatic N) is 2. The van der Waals surface area contributed by atoms with Gasteiger partial charge in [0, 0.05) is 48.5 Å². The first-order valence-electron chi connectivity index (χ1n) is 12.1. The number of hydrogen-bond acceptors (Lipinski definition) is 4. The zero-order valence-electron chi connectivity index (χ0n) is 20.0. The van der Waals surface area contributed by atoms with Crippen LogP contribution in [0.3, 0.4) is 0 Å². The molecule has 38 heavy (non-hydrogen) atoms. The Labute approximate surface area is 221 Å². The Bertz CT molecular complexity index is 1430. The lowest BCUT2D eigenvalue weighted by Gasteiger charge is -2.15. The van der Waals surface area contributed by atoms with Crippen LogP contribution >= 0.6 is 11.6 Å². The fourth-order valence-corrected chi connectivity index (χ4v) is 5.07. The maximum Gasteiger partial charge on any atom is 0.261 e. The molecule has 1 saturated carbocycles. The second kappa shape index (κ2) is 10.3. The van der Waals surface area contributed by atoms with Crippen LogP contribution in [0.4, 0.5) is 24.5 Å². The summed E-state index contributed by atoms with van der Waals surface area (Å²) in [5.41, 5.74) is 0.310. The van der Waals surface area contributed by atoms with Crippen LogP contribution in [0.1, 0.15) is 6.42 Å². The molecule has 2 fully saturated rings. The fourth-order valence-electron chi connectivity index (χ4n) is 4.95. The number of alkyl halides is 2. The molecule has 7 nitrogen and oxygen atoms in total. The molecule has 0 spiro atoms. The van der Waals surface area contributed by atoms with Gasteiger partial charge in [0.05, 0.1) is 29.8 Å². The molecule has 11 heteroatoms. The molecular formula is C27H24ClF3N4O3. The van der Waals surface area contributed by atoms with E-state index >= 15 is 0 Å². The van der Waals surface area contributed by atoms with E-state index < -0.39 is 47.9 Å². The van der Waals surface area contributed by atoms with Crippen molar-refractivity contribution in [3.63, 3.8) is 0 Å². The van der Waals surface area contributed by atoms with E-state index in [-0.39, 0.29) is 36.4 Å². The molecule has 3 aromatic rings. The molecule has 5 rings (SSSR count). The molecule has 1 aliphatic carbocycles. The number of pyridine rings is 1. The summed E-state index contributed by atoms with van der Waals surface area (Å²) in [5.74, 6) is -6.69. The molecule has 0 radical (unpaired) electrons. The molecule has 2 N–H and O–H groups in total. The second-order valence-electron chi connectivity index (χ2n) is 9.61. The van der Waals surface area contributed by atoms with Crippen LogP contribution in [0, 0.1) is 23.6 Å². The number of benzene rings is 2. The van der Waals surface area contributed by atoms with E-state index in [1.54, 1.807) is 41.3 Å². The predicted molar refractivity (Wildman–Crippen MR) is 137 cm³/mol. The van der Waals surface area contributed by atoms with E-state index in [4.69, 9.17) is 11.6 Å². The Morgan fingerprint density at radius 1 is 1.00 bits per heavy atom. The third kappa shape index (κ3) is 5.61. The number of anilines is 2. The Hall–Kier alpha value is -3.63. The summed E-state index contributed by atoms with van der Waals surface area (Å²) in [4.78, 5) is 39.8. The van der Waals surface area contributed by atoms with Gasteiger partial charge in [-0.3, -0.25) is 23.9 Å². The molecule has 2 aliphatic rings. The lowest BCUT2D eigenvalue weighted by Crippen LogP contribution is -2.28. The van der Waals surface area contributed by atoms with Crippen LogP contribution in [-0.2, 0) is 9.59 Å². The van der Waals surface area contributed by atoms with E-state index in [1.807, 2.05) is 0 Å². The third-order valence-electron chi connectivity index (χ3n) is 6.91. The van der Waals surface area contributed by atoms with Gasteiger partial charge in [0.1, 0.15) is 5.82 Å². The molecule has 1 aliphatic heterocycles. The number of carbonyl (C=O) groups excluding carboxylic acids is 2. The summed E-state index contributed by atoms with van der Waals surface area (Å²) in [7, 11) is 0. The van der Waals surface area contributed by atoms with Crippen molar-refractivity contribution in [1.29, 1.82) is 0 Å². The van der Waals surface area contributed by atoms with Crippen molar-refractivity contribution in [2.75, 3.05) is 30.3 Å². The first-order valence-corrected chi connectivity index (χ1v) is 12.4. The molecule has 198 valence electrons. The molecule has 0 unspecified atom stereocenters. The Morgan fingerprint density at radius 2 is 1.71 bits per heavy atom. The van der Waals surface area contributed by atoms with Crippen molar-refractivity contribution in [1.82, 2.24) is 9.47 Å². The highest BCUT2D eigenvalue weighted by molar-refractivity contribution is 6.30. The van der Waals surface area contributed by atoms with Gasteiger partial charge in [0.25, 0.3) is 11.5 Å². The second-order valence-corrected chi connectivity index (χ2v) is 10.1. The summed E-state index contributed by atoms with van der Waals surface area (Å²) in [6.07, 6.45) is 1.22. The quantitative estimate of drug-likeness (QED) is 0.461. The highest BCUT2D eigenvalue weighted by atomic mass is 35.5.